The average molecular weight is 241 g/mol. The van der Waals surface area contributed by atoms with Crippen molar-refractivity contribution in [3.05, 3.63) is 0 Å². The minimum Gasteiger partial charge on any atom is -0.285 e. The lowest BCUT2D eigenvalue weighted by Gasteiger charge is -2.09. The lowest BCUT2D eigenvalue weighted by Crippen LogP contribution is -2.19. The van der Waals surface area contributed by atoms with Crippen LogP contribution in [0, 0.1) is 0 Å². The number of rotatable bonds is 3. The maximum atomic E-state index is 10.9. The van der Waals surface area contributed by atoms with Crippen molar-refractivity contribution in [1.82, 2.24) is 3.11 Å². The first-order valence-corrected chi connectivity index (χ1v) is 4.15. The van der Waals surface area contributed by atoms with Crippen molar-refractivity contribution in [1.29, 1.82) is 0 Å². The molecule has 0 aromatic heterocycles. The van der Waals surface area contributed by atoms with E-state index in [1.54, 1.807) is 3.11 Å². The van der Waals surface area contributed by atoms with E-state index < -0.39 is 0 Å². The largest absolute Gasteiger partial charge is 0.285 e. The summed E-state index contributed by atoms with van der Waals surface area (Å²) in [5.41, 5.74) is 0. The number of carbonyl (C=O) groups is 1. The maximum Gasteiger partial charge on any atom is 0.231 e. The molecule has 0 N–H and O–H groups in total. The van der Waals surface area contributed by atoms with Gasteiger partial charge in [0.1, 0.15) is 0 Å². The first-order chi connectivity index (χ1) is 4.22. The minimum atomic E-state index is 0.237. The highest BCUT2D eigenvalue weighted by atomic mass is 127. The predicted molar refractivity (Wildman–Crippen MR) is 46.3 cm³/mol. The molecule has 0 fully saturated rings. The molecule has 0 saturated carbocycles. The second-order valence-electron chi connectivity index (χ2n) is 1.82. The Morgan fingerprint density at radius 2 is 2.11 bits per heavy atom. The fraction of sp³-hybridized carbons (Fsp3) is 0.833. The lowest BCUT2D eigenvalue weighted by molar-refractivity contribution is -0.125. The molecule has 0 bridgehead atoms. The third-order valence-corrected chi connectivity index (χ3v) is 2.23. The van der Waals surface area contributed by atoms with Gasteiger partial charge in [-0.15, -0.1) is 0 Å². The van der Waals surface area contributed by atoms with Gasteiger partial charge in [0.25, 0.3) is 0 Å². The van der Waals surface area contributed by atoms with Gasteiger partial charge >= 0.3 is 0 Å². The van der Waals surface area contributed by atoms with Crippen LogP contribution in [0.3, 0.4) is 0 Å². The van der Waals surface area contributed by atoms with Crippen molar-refractivity contribution in [2.45, 2.75) is 26.7 Å². The molecule has 0 atom stereocenters. The van der Waals surface area contributed by atoms with E-state index in [-0.39, 0.29) is 5.91 Å². The Kier molecular flexibility index (Phi) is 5.13. The Balaban J connectivity index is 3.46. The van der Waals surface area contributed by atoms with Gasteiger partial charge in [-0.05, 0) is 13.3 Å². The zero-order chi connectivity index (χ0) is 7.28. The second kappa shape index (κ2) is 5.02. The standard InChI is InChI=1S/C6H12INO/c1-3-5-6(9)8(7)4-2/h3-5H2,1-2H3. The van der Waals surface area contributed by atoms with Gasteiger partial charge in [0.2, 0.25) is 5.91 Å². The van der Waals surface area contributed by atoms with Gasteiger partial charge in [-0.3, -0.25) is 7.91 Å². The Morgan fingerprint density at radius 1 is 1.56 bits per heavy atom. The number of nitrogens with zero attached hydrogens (tertiary/aromatic N) is 1. The maximum absolute atomic E-state index is 10.9. The molecule has 1 amide bonds. The molecular weight excluding hydrogens is 229 g/mol. The first-order valence-electron chi connectivity index (χ1n) is 3.18. The van der Waals surface area contributed by atoms with Crippen LogP contribution in [0.1, 0.15) is 26.7 Å². The normalized spacial score (nSPS) is 9.22. The van der Waals surface area contributed by atoms with Gasteiger partial charge < -0.3 is 0 Å². The number of amides is 1. The van der Waals surface area contributed by atoms with Crippen LogP contribution < -0.4 is 0 Å². The van der Waals surface area contributed by atoms with E-state index in [2.05, 4.69) is 0 Å². The quantitative estimate of drug-likeness (QED) is 0.546. The van der Waals surface area contributed by atoms with E-state index in [0.717, 1.165) is 13.0 Å². The monoisotopic (exact) mass is 241 g/mol. The molecule has 0 aliphatic heterocycles. The van der Waals surface area contributed by atoms with Gasteiger partial charge in [-0.2, -0.15) is 0 Å². The molecule has 9 heavy (non-hydrogen) atoms. The summed E-state index contributed by atoms with van der Waals surface area (Å²) in [4.78, 5) is 10.9. The highest BCUT2D eigenvalue weighted by Crippen LogP contribution is 2.02. The number of hydrogen-bond donors (Lipinski definition) is 0. The predicted octanol–water partition coefficient (Wildman–Crippen LogP) is 1.98. The molecule has 0 aliphatic rings. The average Bonchev–Trinajstić information content (AvgIpc) is 1.87. The van der Waals surface area contributed by atoms with Crippen molar-refractivity contribution in [2.75, 3.05) is 6.54 Å². The van der Waals surface area contributed by atoms with Crippen LogP contribution in [0.5, 0.6) is 0 Å². The highest BCUT2D eigenvalue weighted by molar-refractivity contribution is 14.1. The van der Waals surface area contributed by atoms with Crippen LogP contribution in [0.15, 0.2) is 0 Å². The molecule has 0 saturated heterocycles. The van der Waals surface area contributed by atoms with E-state index in [1.807, 2.05) is 36.7 Å². The van der Waals surface area contributed by atoms with Crippen LogP contribution >= 0.6 is 22.9 Å². The van der Waals surface area contributed by atoms with Crippen molar-refractivity contribution in [3.63, 3.8) is 0 Å². The molecule has 0 aliphatic carbocycles. The third kappa shape index (κ3) is 3.72. The fourth-order valence-electron chi connectivity index (χ4n) is 0.512. The summed E-state index contributed by atoms with van der Waals surface area (Å²) >= 11 is 2.04. The van der Waals surface area contributed by atoms with Crippen LogP contribution in [-0.2, 0) is 4.79 Å². The zero-order valence-electron chi connectivity index (χ0n) is 5.85. The third-order valence-electron chi connectivity index (χ3n) is 1.01. The Labute approximate surface area is 70.1 Å². The van der Waals surface area contributed by atoms with Gasteiger partial charge in [0.15, 0.2) is 0 Å². The molecule has 2 nitrogen and oxygen atoms in total. The topological polar surface area (TPSA) is 20.3 Å². The van der Waals surface area contributed by atoms with Crippen LogP contribution in [0.4, 0.5) is 0 Å². The molecule has 54 valence electrons. The lowest BCUT2D eigenvalue weighted by atomic mass is 10.3. The molecule has 0 heterocycles. The van der Waals surface area contributed by atoms with E-state index in [9.17, 15) is 4.79 Å². The van der Waals surface area contributed by atoms with Gasteiger partial charge in [-0.1, -0.05) is 6.92 Å². The number of halogens is 1. The summed E-state index contributed by atoms with van der Waals surface area (Å²) in [5.74, 6) is 0.237. The van der Waals surface area contributed by atoms with Crippen LogP contribution in [0.25, 0.3) is 0 Å². The van der Waals surface area contributed by atoms with Crippen molar-refractivity contribution in [2.24, 2.45) is 0 Å². The summed E-state index contributed by atoms with van der Waals surface area (Å²) < 4.78 is 1.71. The molecule has 0 radical (unpaired) electrons. The summed E-state index contributed by atoms with van der Waals surface area (Å²) in [6.45, 7) is 4.79. The summed E-state index contributed by atoms with van der Waals surface area (Å²) in [6.07, 6.45) is 1.62. The van der Waals surface area contributed by atoms with Gasteiger partial charge in [0.05, 0.1) is 22.9 Å². The second-order valence-corrected chi connectivity index (χ2v) is 2.99. The fourth-order valence-corrected chi connectivity index (χ4v) is 0.753. The molecule has 0 spiro atoms. The number of carbonyl (C=O) groups excluding carboxylic acids is 1. The highest BCUT2D eigenvalue weighted by Gasteiger charge is 2.04. The minimum absolute atomic E-state index is 0.237. The van der Waals surface area contributed by atoms with Gasteiger partial charge in [-0.25, -0.2) is 0 Å². The SMILES string of the molecule is CCCC(=O)N(I)CC. The van der Waals surface area contributed by atoms with E-state index in [4.69, 9.17) is 0 Å². The Bertz CT molecular complexity index is 95.1. The number of hydrogen-bond acceptors (Lipinski definition) is 1. The first kappa shape index (κ1) is 9.20. The van der Waals surface area contributed by atoms with E-state index in [0.29, 0.717) is 6.42 Å². The van der Waals surface area contributed by atoms with Crippen molar-refractivity contribution in [3.8, 4) is 0 Å². The molecule has 3 heteroatoms. The molecule has 0 rings (SSSR count). The van der Waals surface area contributed by atoms with Crippen molar-refractivity contribution >= 4 is 28.8 Å². The van der Waals surface area contributed by atoms with Crippen LogP contribution in [0.2, 0.25) is 0 Å². The van der Waals surface area contributed by atoms with Crippen molar-refractivity contribution < 1.29 is 4.79 Å². The van der Waals surface area contributed by atoms with Gasteiger partial charge in [0, 0.05) is 13.0 Å². The summed E-state index contributed by atoms with van der Waals surface area (Å²) in [5, 5.41) is 0. The van der Waals surface area contributed by atoms with Crippen LogP contribution in [-0.4, -0.2) is 15.6 Å². The Hall–Kier alpha value is 0.200. The summed E-state index contributed by atoms with van der Waals surface area (Å²) in [7, 11) is 0. The smallest absolute Gasteiger partial charge is 0.231 e. The molecular formula is C6H12INO. The van der Waals surface area contributed by atoms with E-state index in [1.165, 1.54) is 0 Å². The summed E-state index contributed by atoms with van der Waals surface area (Å²) in [6, 6.07) is 0. The zero-order valence-corrected chi connectivity index (χ0v) is 8.01. The molecule has 0 aromatic carbocycles. The molecule has 0 unspecified atom stereocenters. The molecule has 0 aromatic rings. The Morgan fingerprint density at radius 3 is 2.44 bits per heavy atom. The van der Waals surface area contributed by atoms with E-state index >= 15 is 0 Å².